The number of anilines is 1. The van der Waals surface area contributed by atoms with E-state index in [4.69, 9.17) is 4.74 Å². The lowest BCUT2D eigenvalue weighted by molar-refractivity contribution is 0.0636. The minimum absolute atomic E-state index is 0.470. The molecule has 0 aliphatic heterocycles. The fraction of sp³-hybridized carbons (Fsp3) is 0.333. The summed E-state index contributed by atoms with van der Waals surface area (Å²) < 4.78 is 5.18. The van der Waals surface area contributed by atoms with Crippen LogP contribution in [0.25, 0.3) is 11.0 Å². The molecule has 90 valence electrons. The number of fused-ring (bicyclic) bond motifs is 1. The molecule has 2 N–H and O–H groups in total. The van der Waals surface area contributed by atoms with Gasteiger partial charge in [0.25, 0.3) is 0 Å². The Morgan fingerprint density at radius 3 is 2.94 bits per heavy atom. The van der Waals surface area contributed by atoms with Crippen LogP contribution in [0.5, 0.6) is 0 Å². The Bertz CT molecular complexity index is 540. The summed E-state index contributed by atoms with van der Waals surface area (Å²) in [6.45, 7) is 5.47. The fourth-order valence-corrected chi connectivity index (χ4v) is 1.47. The van der Waals surface area contributed by atoms with Crippen molar-refractivity contribution in [1.82, 2.24) is 9.97 Å². The number of H-pyrrole nitrogens is 1. The lowest BCUT2D eigenvalue weighted by atomic mass is 10.2. The molecule has 0 aliphatic rings. The highest BCUT2D eigenvalue weighted by Gasteiger charge is 2.17. The van der Waals surface area contributed by atoms with Crippen LogP contribution in [0.4, 0.5) is 10.5 Å². The van der Waals surface area contributed by atoms with Crippen molar-refractivity contribution >= 4 is 22.8 Å². The minimum Gasteiger partial charge on any atom is -0.444 e. The van der Waals surface area contributed by atoms with Gasteiger partial charge >= 0.3 is 6.09 Å². The molecule has 2 aromatic heterocycles. The standard InChI is InChI=1S/C12H15N3O2/c1-12(2,3)17-11(16)15-9-7-14-10-8(9)5-4-6-13-10/h4-7H,1-3H3,(H,13,14)(H,15,16). The van der Waals surface area contributed by atoms with Crippen LogP contribution >= 0.6 is 0 Å². The van der Waals surface area contributed by atoms with Gasteiger partial charge < -0.3 is 9.72 Å². The molecule has 0 saturated carbocycles. The number of pyridine rings is 1. The molecule has 0 fully saturated rings. The summed E-state index contributed by atoms with van der Waals surface area (Å²) in [4.78, 5) is 18.7. The molecular weight excluding hydrogens is 218 g/mol. The average molecular weight is 233 g/mol. The van der Waals surface area contributed by atoms with Crippen molar-refractivity contribution in [3.63, 3.8) is 0 Å². The van der Waals surface area contributed by atoms with Crippen molar-refractivity contribution in [2.45, 2.75) is 26.4 Å². The second-order valence-corrected chi connectivity index (χ2v) is 4.73. The van der Waals surface area contributed by atoms with Crippen molar-refractivity contribution in [2.75, 3.05) is 5.32 Å². The number of rotatable bonds is 1. The molecule has 0 atom stereocenters. The van der Waals surface area contributed by atoms with Gasteiger partial charge in [-0.2, -0.15) is 0 Å². The molecule has 17 heavy (non-hydrogen) atoms. The monoisotopic (exact) mass is 233 g/mol. The lowest BCUT2D eigenvalue weighted by Gasteiger charge is -2.19. The largest absolute Gasteiger partial charge is 0.444 e. The first kappa shape index (κ1) is 11.4. The first-order valence-corrected chi connectivity index (χ1v) is 5.38. The Kier molecular flexibility index (Phi) is 2.75. The zero-order chi connectivity index (χ0) is 12.5. The van der Waals surface area contributed by atoms with Crippen LogP contribution in [0, 0.1) is 0 Å². The third kappa shape index (κ3) is 2.75. The summed E-state index contributed by atoms with van der Waals surface area (Å²) in [6, 6.07) is 3.70. The molecule has 0 radical (unpaired) electrons. The predicted molar refractivity (Wildman–Crippen MR) is 66.0 cm³/mol. The number of nitrogens with zero attached hydrogens (tertiary/aromatic N) is 1. The summed E-state index contributed by atoms with van der Waals surface area (Å²) in [5, 5.41) is 3.55. The highest BCUT2D eigenvalue weighted by Crippen LogP contribution is 2.21. The number of ether oxygens (including phenoxy) is 1. The van der Waals surface area contributed by atoms with Gasteiger partial charge in [-0.3, -0.25) is 5.32 Å². The Morgan fingerprint density at radius 1 is 1.47 bits per heavy atom. The SMILES string of the molecule is CC(C)(C)OC(=O)Nc1c[nH]c2ncccc12. The van der Waals surface area contributed by atoms with Gasteiger partial charge in [0.05, 0.1) is 5.69 Å². The van der Waals surface area contributed by atoms with E-state index in [9.17, 15) is 4.79 Å². The molecule has 0 aromatic carbocycles. The van der Waals surface area contributed by atoms with Gasteiger partial charge in [-0.25, -0.2) is 9.78 Å². The maximum Gasteiger partial charge on any atom is 0.412 e. The van der Waals surface area contributed by atoms with E-state index in [0.29, 0.717) is 5.69 Å². The Hall–Kier alpha value is -2.04. The van der Waals surface area contributed by atoms with E-state index in [1.54, 1.807) is 12.4 Å². The van der Waals surface area contributed by atoms with Crippen LogP contribution in [-0.2, 0) is 4.74 Å². The summed E-state index contributed by atoms with van der Waals surface area (Å²) in [6.07, 6.45) is 2.92. The quantitative estimate of drug-likeness (QED) is 0.795. The van der Waals surface area contributed by atoms with E-state index >= 15 is 0 Å². The molecule has 1 amide bonds. The van der Waals surface area contributed by atoms with Crippen LogP contribution in [0.2, 0.25) is 0 Å². The normalized spacial score (nSPS) is 11.5. The molecular formula is C12H15N3O2. The van der Waals surface area contributed by atoms with Crippen molar-refractivity contribution in [3.8, 4) is 0 Å². The number of carbonyl (C=O) groups is 1. The Morgan fingerprint density at radius 2 is 2.24 bits per heavy atom. The second-order valence-electron chi connectivity index (χ2n) is 4.73. The van der Waals surface area contributed by atoms with Crippen LogP contribution in [0.3, 0.4) is 0 Å². The number of aromatic nitrogens is 2. The molecule has 0 bridgehead atoms. The molecule has 0 aliphatic carbocycles. The number of hydrogen-bond donors (Lipinski definition) is 2. The highest BCUT2D eigenvalue weighted by molar-refractivity contribution is 5.98. The lowest BCUT2D eigenvalue weighted by Crippen LogP contribution is -2.27. The van der Waals surface area contributed by atoms with Gasteiger partial charge in [0.15, 0.2) is 0 Å². The van der Waals surface area contributed by atoms with E-state index in [-0.39, 0.29) is 0 Å². The zero-order valence-corrected chi connectivity index (χ0v) is 10.1. The maximum absolute atomic E-state index is 11.6. The number of nitrogens with one attached hydrogen (secondary N) is 2. The highest BCUT2D eigenvalue weighted by atomic mass is 16.6. The number of carbonyl (C=O) groups excluding carboxylic acids is 1. The first-order chi connectivity index (χ1) is 7.96. The molecule has 2 heterocycles. The van der Waals surface area contributed by atoms with Crippen LogP contribution < -0.4 is 5.32 Å². The third-order valence-corrected chi connectivity index (χ3v) is 2.09. The summed E-state index contributed by atoms with van der Waals surface area (Å²) in [5.74, 6) is 0. The van der Waals surface area contributed by atoms with Gasteiger partial charge in [-0.1, -0.05) is 0 Å². The molecule has 0 saturated heterocycles. The average Bonchev–Trinajstić information content (AvgIpc) is 2.59. The van der Waals surface area contributed by atoms with E-state index in [1.807, 2.05) is 32.9 Å². The van der Waals surface area contributed by atoms with Gasteiger partial charge in [-0.15, -0.1) is 0 Å². The minimum atomic E-state index is -0.506. The van der Waals surface area contributed by atoms with Crippen molar-refractivity contribution in [3.05, 3.63) is 24.5 Å². The van der Waals surface area contributed by atoms with Gasteiger partial charge in [-0.05, 0) is 32.9 Å². The van der Waals surface area contributed by atoms with Gasteiger partial charge in [0.2, 0.25) is 0 Å². The van der Waals surface area contributed by atoms with Crippen molar-refractivity contribution in [2.24, 2.45) is 0 Å². The smallest absolute Gasteiger partial charge is 0.412 e. The first-order valence-electron chi connectivity index (χ1n) is 5.38. The second kappa shape index (κ2) is 4.08. The van der Waals surface area contributed by atoms with E-state index in [2.05, 4.69) is 15.3 Å². The topological polar surface area (TPSA) is 67.0 Å². The van der Waals surface area contributed by atoms with Crippen molar-refractivity contribution in [1.29, 1.82) is 0 Å². The third-order valence-electron chi connectivity index (χ3n) is 2.09. The van der Waals surface area contributed by atoms with Crippen LogP contribution in [-0.4, -0.2) is 21.7 Å². The summed E-state index contributed by atoms with van der Waals surface area (Å²) >= 11 is 0. The van der Waals surface area contributed by atoms with Crippen LogP contribution in [0.15, 0.2) is 24.5 Å². The van der Waals surface area contributed by atoms with Gasteiger partial charge in [0.1, 0.15) is 11.2 Å². The maximum atomic E-state index is 11.6. The van der Waals surface area contributed by atoms with Gasteiger partial charge in [0, 0.05) is 17.8 Å². The zero-order valence-electron chi connectivity index (χ0n) is 10.1. The molecule has 0 spiro atoms. The number of aromatic amines is 1. The van der Waals surface area contributed by atoms with E-state index < -0.39 is 11.7 Å². The summed E-state index contributed by atoms with van der Waals surface area (Å²) in [7, 11) is 0. The van der Waals surface area contributed by atoms with Crippen molar-refractivity contribution < 1.29 is 9.53 Å². The van der Waals surface area contributed by atoms with E-state index in [0.717, 1.165) is 11.0 Å². The number of amides is 1. The Balaban J connectivity index is 2.16. The van der Waals surface area contributed by atoms with E-state index in [1.165, 1.54) is 0 Å². The van der Waals surface area contributed by atoms with Crippen LogP contribution in [0.1, 0.15) is 20.8 Å². The molecule has 5 heteroatoms. The fourth-order valence-electron chi connectivity index (χ4n) is 1.47. The molecule has 5 nitrogen and oxygen atoms in total. The number of hydrogen-bond acceptors (Lipinski definition) is 3. The molecule has 2 aromatic rings. The summed E-state index contributed by atoms with van der Waals surface area (Å²) in [5.41, 5.74) is 0.898. The molecule has 2 rings (SSSR count). The predicted octanol–water partition coefficient (Wildman–Crippen LogP) is 2.91. The molecule has 0 unspecified atom stereocenters. The Labute approximate surface area is 99.2 Å².